The molecule has 0 saturated carbocycles. The minimum Gasteiger partial charge on any atom is -0.490 e. The van der Waals surface area contributed by atoms with Crippen LogP contribution in [0.1, 0.15) is 31.9 Å². The van der Waals surface area contributed by atoms with E-state index in [4.69, 9.17) is 21.1 Å². The first-order valence-electron chi connectivity index (χ1n) is 9.17. The molecule has 8 heteroatoms. The van der Waals surface area contributed by atoms with Gasteiger partial charge in [-0.2, -0.15) is 5.10 Å². The molecule has 2 aromatic carbocycles. The minimum atomic E-state index is -0.853. The van der Waals surface area contributed by atoms with Gasteiger partial charge in [-0.1, -0.05) is 41.9 Å². The Bertz CT molecular complexity index is 870. The van der Waals surface area contributed by atoms with Crippen LogP contribution in [0.15, 0.2) is 47.6 Å². The summed E-state index contributed by atoms with van der Waals surface area (Å²) in [6, 6.07) is 12.9. The molecule has 0 saturated heterocycles. The first kappa shape index (κ1) is 22.2. The maximum Gasteiger partial charge on any atom is 0.329 e. The number of hydrogen-bond donors (Lipinski definition) is 2. The molecule has 2 N–H and O–H groups in total. The van der Waals surface area contributed by atoms with Gasteiger partial charge in [0.05, 0.1) is 17.8 Å². The van der Waals surface area contributed by atoms with Crippen LogP contribution in [-0.4, -0.2) is 30.7 Å². The highest BCUT2D eigenvalue weighted by atomic mass is 35.5. The third-order valence-corrected chi connectivity index (χ3v) is 3.84. The summed E-state index contributed by atoms with van der Waals surface area (Å²) in [5.74, 6) is -0.722. The zero-order valence-corrected chi connectivity index (χ0v) is 17.3. The van der Waals surface area contributed by atoms with E-state index in [1.165, 1.54) is 6.21 Å². The topological polar surface area (TPSA) is 89.0 Å². The number of halogens is 1. The predicted octanol–water partition coefficient (Wildman–Crippen LogP) is 3.29. The number of nitrogens with zero attached hydrogens (tertiary/aromatic N) is 1. The van der Waals surface area contributed by atoms with E-state index in [1.807, 2.05) is 37.3 Å². The Labute approximate surface area is 175 Å². The molecule has 7 nitrogen and oxygen atoms in total. The smallest absolute Gasteiger partial charge is 0.329 e. The van der Waals surface area contributed by atoms with Crippen molar-refractivity contribution in [3.05, 3.63) is 58.6 Å². The van der Waals surface area contributed by atoms with Crippen LogP contribution in [0.5, 0.6) is 11.5 Å². The van der Waals surface area contributed by atoms with E-state index >= 15 is 0 Å². The van der Waals surface area contributed by atoms with Gasteiger partial charge < -0.3 is 14.8 Å². The van der Waals surface area contributed by atoms with E-state index in [2.05, 4.69) is 15.8 Å². The van der Waals surface area contributed by atoms with Crippen LogP contribution in [0.2, 0.25) is 5.02 Å². The number of hydrazone groups is 1. The summed E-state index contributed by atoms with van der Waals surface area (Å²) in [4.78, 5) is 23.2. The molecule has 0 aliphatic rings. The summed E-state index contributed by atoms with van der Waals surface area (Å²) >= 11 is 6.37. The lowest BCUT2D eigenvalue weighted by Gasteiger charge is -2.14. The van der Waals surface area contributed by atoms with Crippen LogP contribution in [0.4, 0.5) is 0 Å². The van der Waals surface area contributed by atoms with Crippen LogP contribution in [0.3, 0.4) is 0 Å². The van der Waals surface area contributed by atoms with Gasteiger partial charge in [0.15, 0.2) is 11.5 Å². The number of nitrogens with one attached hydrogen (secondary N) is 2. The van der Waals surface area contributed by atoms with Gasteiger partial charge in [-0.05, 0) is 44.0 Å². The molecule has 0 aliphatic heterocycles. The molecule has 0 atom stereocenters. The van der Waals surface area contributed by atoms with Gasteiger partial charge in [-0.25, -0.2) is 5.43 Å². The number of amides is 2. The second kappa shape index (κ2) is 11.1. The van der Waals surface area contributed by atoms with Crippen LogP contribution in [0.25, 0.3) is 0 Å². The summed E-state index contributed by atoms with van der Waals surface area (Å²) in [6.45, 7) is 6.13. The Morgan fingerprint density at radius 2 is 1.86 bits per heavy atom. The number of benzene rings is 2. The molecule has 154 valence electrons. The van der Waals surface area contributed by atoms with Gasteiger partial charge in [0, 0.05) is 6.04 Å². The minimum absolute atomic E-state index is 0.145. The van der Waals surface area contributed by atoms with Gasteiger partial charge in [-0.15, -0.1) is 0 Å². The summed E-state index contributed by atoms with van der Waals surface area (Å²) < 4.78 is 11.5. The molecule has 0 aromatic heterocycles. The fourth-order valence-corrected chi connectivity index (χ4v) is 2.61. The third kappa shape index (κ3) is 7.12. The van der Waals surface area contributed by atoms with Crippen molar-refractivity contribution in [3.8, 4) is 11.5 Å². The Morgan fingerprint density at radius 3 is 2.52 bits per heavy atom. The Balaban J connectivity index is 2.09. The summed E-state index contributed by atoms with van der Waals surface area (Å²) in [5, 5.41) is 6.62. The average molecular weight is 418 g/mol. The Hall–Kier alpha value is -3.06. The fraction of sp³-hybridized carbons (Fsp3) is 0.286. The molecule has 0 radical (unpaired) electrons. The van der Waals surface area contributed by atoms with E-state index < -0.39 is 11.8 Å². The van der Waals surface area contributed by atoms with Gasteiger partial charge in [-0.3, -0.25) is 9.59 Å². The van der Waals surface area contributed by atoms with Gasteiger partial charge in [0.25, 0.3) is 0 Å². The van der Waals surface area contributed by atoms with Crippen LogP contribution in [-0.2, 0) is 16.2 Å². The molecule has 0 spiro atoms. The van der Waals surface area contributed by atoms with Crippen molar-refractivity contribution in [1.82, 2.24) is 10.7 Å². The zero-order chi connectivity index (χ0) is 21.2. The van der Waals surface area contributed by atoms with Crippen LogP contribution >= 0.6 is 11.6 Å². The number of carbonyl (C=O) groups excluding carboxylic acids is 2. The predicted molar refractivity (Wildman–Crippen MR) is 112 cm³/mol. The molecule has 2 amide bonds. The quantitative estimate of drug-likeness (QED) is 0.392. The summed E-state index contributed by atoms with van der Waals surface area (Å²) in [6.07, 6.45) is 1.37. The monoisotopic (exact) mass is 417 g/mol. The summed E-state index contributed by atoms with van der Waals surface area (Å²) in [7, 11) is 0. The SMILES string of the molecule is CCOc1cc(/C=N\NC(=O)C(=O)NC(C)C)cc(Cl)c1OCc1ccccc1. The van der Waals surface area contributed by atoms with Gasteiger partial charge in [0.1, 0.15) is 6.61 Å². The van der Waals surface area contributed by atoms with Crippen LogP contribution in [0, 0.1) is 0 Å². The third-order valence-electron chi connectivity index (χ3n) is 3.56. The number of hydrogen-bond acceptors (Lipinski definition) is 5. The fourth-order valence-electron chi connectivity index (χ4n) is 2.34. The first-order valence-corrected chi connectivity index (χ1v) is 9.55. The van der Waals surface area contributed by atoms with E-state index in [1.54, 1.807) is 26.0 Å². The lowest BCUT2D eigenvalue weighted by atomic mass is 10.2. The lowest BCUT2D eigenvalue weighted by Crippen LogP contribution is -2.41. The molecule has 0 fully saturated rings. The van der Waals surface area contributed by atoms with Crippen LogP contribution < -0.4 is 20.2 Å². The Morgan fingerprint density at radius 1 is 1.14 bits per heavy atom. The molecular formula is C21H24ClN3O4. The van der Waals surface area contributed by atoms with Crippen molar-refractivity contribution >= 4 is 29.6 Å². The molecule has 2 aromatic rings. The molecule has 29 heavy (non-hydrogen) atoms. The van der Waals surface area contributed by atoms with E-state index in [0.717, 1.165) is 5.56 Å². The molecule has 0 unspecified atom stereocenters. The lowest BCUT2D eigenvalue weighted by molar-refractivity contribution is -0.139. The van der Waals surface area contributed by atoms with E-state index in [9.17, 15) is 9.59 Å². The highest BCUT2D eigenvalue weighted by molar-refractivity contribution is 6.35. The highest BCUT2D eigenvalue weighted by Crippen LogP contribution is 2.36. The van der Waals surface area contributed by atoms with E-state index in [-0.39, 0.29) is 6.04 Å². The molecule has 0 heterocycles. The molecule has 2 rings (SSSR count). The average Bonchev–Trinajstić information content (AvgIpc) is 2.67. The number of rotatable bonds is 8. The van der Waals surface area contributed by atoms with Gasteiger partial charge >= 0.3 is 11.8 Å². The first-order chi connectivity index (χ1) is 13.9. The number of carbonyl (C=O) groups is 2. The van der Waals surface area contributed by atoms with Crippen molar-refractivity contribution in [2.75, 3.05) is 6.61 Å². The maximum absolute atomic E-state index is 11.7. The standard InChI is InChI=1S/C21H24ClN3O4/c1-4-28-18-11-16(12-23-25-21(27)20(26)24-14(2)3)10-17(22)19(18)29-13-15-8-6-5-7-9-15/h5-12,14H,4,13H2,1-3H3,(H,24,26)(H,25,27)/b23-12-. The second-order valence-corrected chi connectivity index (χ2v) is 6.77. The van der Waals surface area contributed by atoms with E-state index in [0.29, 0.717) is 35.3 Å². The number of ether oxygens (including phenoxy) is 2. The second-order valence-electron chi connectivity index (χ2n) is 6.36. The zero-order valence-electron chi connectivity index (χ0n) is 16.6. The van der Waals surface area contributed by atoms with Crippen molar-refractivity contribution in [2.24, 2.45) is 5.10 Å². The molecule has 0 aliphatic carbocycles. The Kier molecular flexibility index (Phi) is 8.48. The largest absolute Gasteiger partial charge is 0.490 e. The van der Waals surface area contributed by atoms with Crippen molar-refractivity contribution in [3.63, 3.8) is 0 Å². The van der Waals surface area contributed by atoms with Crippen molar-refractivity contribution in [2.45, 2.75) is 33.4 Å². The summed E-state index contributed by atoms with van der Waals surface area (Å²) in [5.41, 5.74) is 3.75. The van der Waals surface area contributed by atoms with Crippen molar-refractivity contribution < 1.29 is 19.1 Å². The maximum atomic E-state index is 11.7. The van der Waals surface area contributed by atoms with Gasteiger partial charge in [0.2, 0.25) is 0 Å². The molecular weight excluding hydrogens is 394 g/mol. The highest BCUT2D eigenvalue weighted by Gasteiger charge is 2.14. The normalized spacial score (nSPS) is 10.8. The molecule has 0 bridgehead atoms. The van der Waals surface area contributed by atoms with Crippen molar-refractivity contribution in [1.29, 1.82) is 0 Å².